The Morgan fingerprint density at radius 1 is 1.41 bits per heavy atom. The maximum atomic E-state index is 12.0. The summed E-state index contributed by atoms with van der Waals surface area (Å²) in [6, 6.07) is -1.29. The van der Waals surface area contributed by atoms with E-state index in [9.17, 15) is 14.7 Å². The van der Waals surface area contributed by atoms with Crippen molar-refractivity contribution in [2.45, 2.75) is 50.3 Å². The van der Waals surface area contributed by atoms with Crippen LogP contribution in [0, 0.1) is 0 Å². The molecule has 0 aromatic rings. The fourth-order valence-electron chi connectivity index (χ4n) is 2.43. The number of hydrogen-bond acceptors (Lipinski definition) is 3. The van der Waals surface area contributed by atoms with Crippen molar-refractivity contribution in [2.24, 2.45) is 0 Å². The number of urea groups is 1. The van der Waals surface area contributed by atoms with Gasteiger partial charge in [0.05, 0.1) is 6.10 Å². The van der Waals surface area contributed by atoms with Crippen molar-refractivity contribution in [3.05, 3.63) is 0 Å². The van der Waals surface area contributed by atoms with Gasteiger partial charge in [0, 0.05) is 18.5 Å². The minimum Gasteiger partial charge on any atom is -0.480 e. The molecule has 0 aromatic heterocycles. The van der Waals surface area contributed by atoms with Crippen LogP contribution in [0.25, 0.3) is 0 Å². The monoisotopic (exact) mass is 242 g/mol. The summed E-state index contributed by atoms with van der Waals surface area (Å²) in [7, 11) is 0. The number of carbonyl (C=O) groups excluding carboxylic acids is 1. The van der Waals surface area contributed by atoms with Crippen molar-refractivity contribution in [1.82, 2.24) is 10.2 Å². The standard InChI is InChI=1S/C11H18N2O4/c1-11(3-2-4-11)12-10(17)13-6-7(14)5-8(13)9(15)16/h7-8,14H,2-6H2,1H3,(H,12,17)(H,15,16)/t7-,8+/m1/s1. The van der Waals surface area contributed by atoms with Crippen molar-refractivity contribution in [3.63, 3.8) is 0 Å². The van der Waals surface area contributed by atoms with E-state index < -0.39 is 18.1 Å². The van der Waals surface area contributed by atoms with Gasteiger partial charge in [0.1, 0.15) is 6.04 Å². The van der Waals surface area contributed by atoms with Crippen LogP contribution in [0.3, 0.4) is 0 Å². The number of rotatable bonds is 2. The minimum atomic E-state index is -1.06. The van der Waals surface area contributed by atoms with Gasteiger partial charge in [0.25, 0.3) is 0 Å². The zero-order chi connectivity index (χ0) is 12.6. The molecule has 2 amide bonds. The number of carboxylic acid groups (broad SMARTS) is 1. The van der Waals surface area contributed by atoms with Crippen molar-refractivity contribution in [2.75, 3.05) is 6.54 Å². The molecule has 6 heteroatoms. The second kappa shape index (κ2) is 4.18. The third kappa shape index (κ3) is 2.36. The smallest absolute Gasteiger partial charge is 0.326 e. The summed E-state index contributed by atoms with van der Waals surface area (Å²) in [5.74, 6) is -1.06. The molecule has 2 aliphatic rings. The van der Waals surface area contributed by atoms with Gasteiger partial charge in [0.15, 0.2) is 0 Å². The largest absolute Gasteiger partial charge is 0.480 e. The van der Waals surface area contributed by atoms with Gasteiger partial charge in [-0.2, -0.15) is 0 Å². The van der Waals surface area contributed by atoms with Gasteiger partial charge in [-0.25, -0.2) is 9.59 Å². The lowest BCUT2D eigenvalue weighted by molar-refractivity contribution is -0.141. The number of nitrogens with zero attached hydrogens (tertiary/aromatic N) is 1. The first kappa shape index (κ1) is 12.2. The molecule has 2 atom stereocenters. The van der Waals surface area contributed by atoms with Gasteiger partial charge in [-0.3, -0.25) is 0 Å². The van der Waals surface area contributed by atoms with E-state index in [0.717, 1.165) is 19.3 Å². The molecule has 2 rings (SSSR count). The number of nitrogens with one attached hydrogen (secondary N) is 1. The second-order valence-corrected chi connectivity index (χ2v) is 5.24. The van der Waals surface area contributed by atoms with E-state index in [1.165, 1.54) is 4.90 Å². The number of aliphatic carboxylic acids is 1. The molecule has 6 nitrogen and oxygen atoms in total. The SMILES string of the molecule is CC1(NC(=O)N2C[C@H](O)C[C@H]2C(=O)O)CCC1. The zero-order valence-corrected chi connectivity index (χ0v) is 9.85. The van der Waals surface area contributed by atoms with E-state index in [0.29, 0.717) is 0 Å². The number of carboxylic acids is 1. The first-order valence-electron chi connectivity index (χ1n) is 5.91. The number of β-amino-alcohol motifs (C(OH)–C–C–N with tert-alkyl or cyclic N) is 1. The highest BCUT2D eigenvalue weighted by Gasteiger charge is 2.42. The summed E-state index contributed by atoms with van der Waals surface area (Å²) in [6.45, 7) is 2.05. The summed E-state index contributed by atoms with van der Waals surface area (Å²) in [6.07, 6.45) is 2.30. The molecule has 0 spiro atoms. The lowest BCUT2D eigenvalue weighted by Crippen LogP contribution is -2.57. The maximum Gasteiger partial charge on any atom is 0.326 e. The van der Waals surface area contributed by atoms with Gasteiger partial charge in [0.2, 0.25) is 0 Å². The van der Waals surface area contributed by atoms with Crippen molar-refractivity contribution < 1.29 is 19.8 Å². The number of likely N-dealkylation sites (tertiary alicyclic amines) is 1. The molecule has 0 unspecified atom stereocenters. The molecule has 96 valence electrons. The van der Waals surface area contributed by atoms with Crippen molar-refractivity contribution >= 4 is 12.0 Å². The van der Waals surface area contributed by atoms with Gasteiger partial charge >= 0.3 is 12.0 Å². The zero-order valence-electron chi connectivity index (χ0n) is 9.85. The van der Waals surface area contributed by atoms with E-state index in [-0.39, 0.29) is 24.5 Å². The summed E-state index contributed by atoms with van der Waals surface area (Å²) in [5.41, 5.74) is -0.201. The number of aliphatic hydroxyl groups is 1. The Morgan fingerprint density at radius 2 is 2.06 bits per heavy atom. The number of aliphatic hydroxyl groups excluding tert-OH is 1. The predicted octanol–water partition coefficient (Wildman–Crippen LogP) is 0.158. The average Bonchev–Trinajstić information content (AvgIpc) is 2.58. The summed E-state index contributed by atoms with van der Waals surface area (Å²) in [5, 5.41) is 21.3. The molecule has 0 radical (unpaired) electrons. The lowest BCUT2D eigenvalue weighted by atomic mass is 9.79. The van der Waals surface area contributed by atoms with Crippen LogP contribution in [0.4, 0.5) is 4.79 Å². The molecule has 1 aliphatic carbocycles. The van der Waals surface area contributed by atoms with Gasteiger partial charge in [-0.1, -0.05) is 0 Å². The van der Waals surface area contributed by atoms with Crippen LogP contribution < -0.4 is 5.32 Å². The van der Waals surface area contributed by atoms with Crippen LogP contribution in [-0.2, 0) is 4.79 Å². The molecular weight excluding hydrogens is 224 g/mol. The highest BCUT2D eigenvalue weighted by atomic mass is 16.4. The average molecular weight is 242 g/mol. The summed E-state index contributed by atoms with van der Waals surface area (Å²) < 4.78 is 0. The van der Waals surface area contributed by atoms with Crippen LogP contribution in [0.1, 0.15) is 32.6 Å². The topological polar surface area (TPSA) is 89.9 Å². The van der Waals surface area contributed by atoms with E-state index in [2.05, 4.69) is 5.32 Å². The van der Waals surface area contributed by atoms with Crippen LogP contribution in [0.2, 0.25) is 0 Å². The van der Waals surface area contributed by atoms with Gasteiger partial charge in [-0.15, -0.1) is 0 Å². The third-order valence-corrected chi connectivity index (χ3v) is 3.69. The molecule has 2 fully saturated rings. The molecule has 0 aromatic carbocycles. The van der Waals surface area contributed by atoms with Crippen molar-refractivity contribution in [3.8, 4) is 0 Å². The van der Waals surface area contributed by atoms with E-state index in [4.69, 9.17) is 5.11 Å². The molecule has 1 saturated carbocycles. The minimum absolute atomic E-state index is 0.0961. The Bertz CT molecular complexity index is 340. The molecule has 1 saturated heterocycles. The van der Waals surface area contributed by atoms with Crippen LogP contribution in [-0.4, -0.2) is 51.3 Å². The van der Waals surface area contributed by atoms with E-state index >= 15 is 0 Å². The lowest BCUT2D eigenvalue weighted by Gasteiger charge is -2.40. The summed E-state index contributed by atoms with van der Waals surface area (Å²) >= 11 is 0. The quantitative estimate of drug-likeness (QED) is 0.643. The normalized spacial score (nSPS) is 30.8. The van der Waals surface area contributed by atoms with Crippen LogP contribution in [0.5, 0.6) is 0 Å². The first-order valence-corrected chi connectivity index (χ1v) is 5.91. The highest BCUT2D eigenvalue weighted by Crippen LogP contribution is 2.31. The first-order chi connectivity index (χ1) is 7.91. The molecule has 0 bridgehead atoms. The highest BCUT2D eigenvalue weighted by molar-refractivity contribution is 5.83. The van der Waals surface area contributed by atoms with Gasteiger partial charge in [-0.05, 0) is 26.2 Å². The maximum absolute atomic E-state index is 12.0. The van der Waals surface area contributed by atoms with Crippen LogP contribution >= 0.6 is 0 Å². The Kier molecular flexibility index (Phi) is 2.99. The Hall–Kier alpha value is -1.30. The number of carbonyl (C=O) groups is 2. The predicted molar refractivity (Wildman–Crippen MR) is 59.5 cm³/mol. The fourth-order valence-corrected chi connectivity index (χ4v) is 2.43. The van der Waals surface area contributed by atoms with Crippen LogP contribution in [0.15, 0.2) is 0 Å². The number of hydrogen-bond donors (Lipinski definition) is 3. The molecular formula is C11H18N2O4. The van der Waals surface area contributed by atoms with Gasteiger partial charge < -0.3 is 20.4 Å². The molecule has 17 heavy (non-hydrogen) atoms. The summed E-state index contributed by atoms with van der Waals surface area (Å²) in [4.78, 5) is 24.2. The number of amides is 2. The van der Waals surface area contributed by atoms with Crippen molar-refractivity contribution in [1.29, 1.82) is 0 Å². The molecule has 3 N–H and O–H groups in total. The second-order valence-electron chi connectivity index (χ2n) is 5.24. The van der Waals surface area contributed by atoms with E-state index in [1.807, 2.05) is 6.92 Å². The fraction of sp³-hybridized carbons (Fsp3) is 0.818. The third-order valence-electron chi connectivity index (χ3n) is 3.69. The Labute approximate surface area is 99.6 Å². The van der Waals surface area contributed by atoms with E-state index in [1.54, 1.807) is 0 Å². The molecule has 1 heterocycles. The Morgan fingerprint density at radius 3 is 2.53 bits per heavy atom. The Balaban J connectivity index is 2.00. The molecule has 1 aliphatic heterocycles.